The van der Waals surface area contributed by atoms with Crippen LogP contribution < -0.4 is 0 Å². The Morgan fingerprint density at radius 2 is 2.21 bits per heavy atom. The summed E-state index contributed by atoms with van der Waals surface area (Å²) in [5.74, 6) is 0.146. The molecule has 74 valence electrons. The lowest BCUT2D eigenvalue weighted by atomic mass is 10.2. The largest absolute Gasteiger partial charge is 0.478 e. The highest BCUT2D eigenvalue weighted by Crippen LogP contribution is 2.16. The van der Waals surface area contributed by atoms with Crippen LogP contribution in [0, 0.1) is 5.41 Å². The minimum atomic E-state index is 0.146. The third-order valence-electron chi connectivity index (χ3n) is 1.62. The number of halogens is 1. The zero-order valence-electron chi connectivity index (χ0n) is 7.96. The van der Waals surface area contributed by atoms with Crippen molar-refractivity contribution >= 4 is 23.6 Å². The maximum absolute atomic E-state index is 7.36. The molecular weight excluding hydrogens is 198 g/mol. The molecule has 0 heterocycles. The molecule has 1 aromatic carbocycles. The molecule has 0 aliphatic rings. The minimum Gasteiger partial charge on any atom is -0.478 e. The number of rotatable bonds is 3. The molecule has 0 aliphatic carbocycles. The molecule has 1 N–H and O–H groups in total. The Labute approximate surface area is 88.7 Å². The molecule has 0 bridgehead atoms. The van der Waals surface area contributed by atoms with Gasteiger partial charge in [0.05, 0.1) is 6.61 Å². The number of hydrogen-bond donors (Lipinski definition) is 1. The van der Waals surface area contributed by atoms with E-state index in [-0.39, 0.29) is 5.90 Å². The summed E-state index contributed by atoms with van der Waals surface area (Å²) in [5, 5.41) is 8.03. The minimum absolute atomic E-state index is 0.146. The Balaban J connectivity index is 2.69. The number of nitrogens with one attached hydrogen (secondary N) is 1. The lowest BCUT2D eigenvalue weighted by molar-refractivity contribution is 0.327. The molecule has 0 radical (unpaired) electrons. The number of hydrogen-bond acceptors (Lipinski definition) is 2. The molecule has 0 unspecified atom stereocenters. The molecule has 2 nitrogen and oxygen atoms in total. The Morgan fingerprint density at radius 3 is 2.86 bits per heavy atom. The van der Waals surface area contributed by atoms with Crippen molar-refractivity contribution in [3.8, 4) is 0 Å². The number of benzene rings is 1. The zero-order chi connectivity index (χ0) is 10.4. The summed E-state index contributed by atoms with van der Waals surface area (Å²) in [7, 11) is 0. The van der Waals surface area contributed by atoms with Gasteiger partial charge in [-0.2, -0.15) is 0 Å². The van der Waals surface area contributed by atoms with E-state index in [1.54, 1.807) is 12.2 Å². The van der Waals surface area contributed by atoms with Crippen molar-refractivity contribution in [2.75, 3.05) is 6.61 Å². The van der Waals surface area contributed by atoms with Crippen LogP contribution in [0.25, 0.3) is 6.08 Å². The molecule has 3 heteroatoms. The van der Waals surface area contributed by atoms with Crippen LogP contribution in [0.1, 0.15) is 12.5 Å². The highest BCUT2D eigenvalue weighted by molar-refractivity contribution is 6.32. The van der Waals surface area contributed by atoms with Crippen molar-refractivity contribution in [2.24, 2.45) is 0 Å². The first-order valence-electron chi connectivity index (χ1n) is 4.38. The third kappa shape index (κ3) is 3.23. The van der Waals surface area contributed by atoms with Gasteiger partial charge in [-0.15, -0.1) is 0 Å². The predicted octanol–water partition coefficient (Wildman–Crippen LogP) is 3.37. The quantitative estimate of drug-likeness (QED) is 0.601. The SMILES string of the molecule is CCOC(=N)/C=C/c1ccccc1Cl. The average molecular weight is 210 g/mol. The molecule has 0 saturated carbocycles. The van der Waals surface area contributed by atoms with Crippen molar-refractivity contribution in [3.05, 3.63) is 40.9 Å². The maximum Gasteiger partial charge on any atom is 0.205 e. The summed E-state index contributed by atoms with van der Waals surface area (Å²) in [6.45, 7) is 2.35. The van der Waals surface area contributed by atoms with Crippen molar-refractivity contribution in [3.63, 3.8) is 0 Å². The highest BCUT2D eigenvalue weighted by atomic mass is 35.5. The smallest absolute Gasteiger partial charge is 0.205 e. The normalized spacial score (nSPS) is 10.4. The maximum atomic E-state index is 7.36. The fourth-order valence-electron chi connectivity index (χ4n) is 0.979. The van der Waals surface area contributed by atoms with Crippen LogP contribution in [-0.4, -0.2) is 12.5 Å². The van der Waals surface area contributed by atoms with Crippen molar-refractivity contribution < 1.29 is 4.74 Å². The fourth-order valence-corrected chi connectivity index (χ4v) is 1.18. The van der Waals surface area contributed by atoms with Crippen molar-refractivity contribution in [1.82, 2.24) is 0 Å². The number of ether oxygens (including phenoxy) is 1. The lowest BCUT2D eigenvalue weighted by Gasteiger charge is -1.99. The average Bonchev–Trinajstić information content (AvgIpc) is 2.17. The molecule has 14 heavy (non-hydrogen) atoms. The van der Waals surface area contributed by atoms with E-state index < -0.39 is 0 Å². The summed E-state index contributed by atoms with van der Waals surface area (Å²) >= 11 is 5.92. The van der Waals surface area contributed by atoms with E-state index >= 15 is 0 Å². The third-order valence-corrected chi connectivity index (χ3v) is 1.96. The molecular formula is C11H12ClNO. The van der Waals surface area contributed by atoms with Gasteiger partial charge in [0.2, 0.25) is 5.90 Å². The van der Waals surface area contributed by atoms with Gasteiger partial charge in [-0.1, -0.05) is 29.8 Å². The van der Waals surface area contributed by atoms with Gasteiger partial charge in [-0.05, 0) is 24.6 Å². The molecule has 0 aliphatic heterocycles. The van der Waals surface area contributed by atoms with E-state index in [9.17, 15) is 0 Å². The molecule has 1 aromatic rings. The fraction of sp³-hybridized carbons (Fsp3) is 0.182. The summed E-state index contributed by atoms with van der Waals surface area (Å²) in [6, 6.07) is 7.47. The van der Waals surface area contributed by atoms with Gasteiger partial charge in [-0.25, -0.2) is 0 Å². The lowest BCUT2D eigenvalue weighted by Crippen LogP contribution is -1.97. The molecule has 0 amide bonds. The second-order valence-corrected chi connectivity index (χ2v) is 3.06. The second-order valence-electron chi connectivity index (χ2n) is 2.65. The van der Waals surface area contributed by atoms with E-state index in [1.165, 1.54) is 0 Å². The van der Waals surface area contributed by atoms with E-state index in [4.69, 9.17) is 21.7 Å². The first-order chi connectivity index (χ1) is 6.74. The van der Waals surface area contributed by atoms with Crippen molar-refractivity contribution in [2.45, 2.75) is 6.92 Å². The topological polar surface area (TPSA) is 33.1 Å². The highest BCUT2D eigenvalue weighted by Gasteiger charge is 1.94. The van der Waals surface area contributed by atoms with E-state index in [0.29, 0.717) is 11.6 Å². The summed E-state index contributed by atoms with van der Waals surface area (Å²) < 4.78 is 4.96. The van der Waals surface area contributed by atoms with Crippen LogP contribution in [0.4, 0.5) is 0 Å². The Bertz CT molecular complexity index is 347. The zero-order valence-corrected chi connectivity index (χ0v) is 8.71. The van der Waals surface area contributed by atoms with Gasteiger partial charge in [0.1, 0.15) is 0 Å². The van der Waals surface area contributed by atoms with Gasteiger partial charge < -0.3 is 4.74 Å². The predicted molar refractivity (Wildman–Crippen MR) is 59.8 cm³/mol. The van der Waals surface area contributed by atoms with Gasteiger partial charge in [-0.3, -0.25) is 5.41 Å². The summed E-state index contributed by atoms with van der Waals surface area (Å²) in [4.78, 5) is 0. The summed E-state index contributed by atoms with van der Waals surface area (Å²) in [5.41, 5.74) is 0.888. The van der Waals surface area contributed by atoms with Gasteiger partial charge in [0.25, 0.3) is 0 Å². The van der Waals surface area contributed by atoms with Gasteiger partial charge in [0, 0.05) is 11.1 Å². The monoisotopic (exact) mass is 209 g/mol. The van der Waals surface area contributed by atoms with Crippen LogP contribution in [0.3, 0.4) is 0 Å². The Hall–Kier alpha value is -1.28. The molecule has 0 saturated heterocycles. The standard InChI is InChI=1S/C11H12ClNO/c1-2-14-11(13)8-7-9-5-3-4-6-10(9)12/h3-8,13H,2H2,1H3/b8-7+,13-11?. The van der Waals surface area contributed by atoms with E-state index in [0.717, 1.165) is 5.56 Å². The summed E-state index contributed by atoms with van der Waals surface area (Å²) in [6.07, 6.45) is 3.35. The van der Waals surface area contributed by atoms with Gasteiger partial charge in [0.15, 0.2) is 0 Å². The Morgan fingerprint density at radius 1 is 1.50 bits per heavy atom. The van der Waals surface area contributed by atoms with Crippen LogP contribution in [-0.2, 0) is 4.74 Å². The first kappa shape index (κ1) is 10.8. The second kappa shape index (κ2) is 5.45. The van der Waals surface area contributed by atoms with Crippen LogP contribution in [0.2, 0.25) is 5.02 Å². The van der Waals surface area contributed by atoms with Gasteiger partial charge >= 0.3 is 0 Å². The van der Waals surface area contributed by atoms with E-state index in [2.05, 4.69) is 0 Å². The van der Waals surface area contributed by atoms with E-state index in [1.807, 2.05) is 31.2 Å². The molecule has 0 spiro atoms. The molecule has 0 aromatic heterocycles. The van der Waals surface area contributed by atoms with Crippen molar-refractivity contribution in [1.29, 1.82) is 5.41 Å². The van der Waals surface area contributed by atoms with Crippen LogP contribution in [0.5, 0.6) is 0 Å². The Kier molecular flexibility index (Phi) is 4.20. The van der Waals surface area contributed by atoms with Crippen LogP contribution in [0.15, 0.2) is 30.3 Å². The molecule has 0 fully saturated rings. The first-order valence-corrected chi connectivity index (χ1v) is 4.75. The van der Waals surface area contributed by atoms with Crippen LogP contribution >= 0.6 is 11.6 Å². The molecule has 0 atom stereocenters. The molecule has 1 rings (SSSR count).